The number of carbonyl (C=O) groups excluding carboxylic acids is 2. The van der Waals surface area contributed by atoms with E-state index in [2.05, 4.69) is 47.6 Å². The highest BCUT2D eigenvalue weighted by Gasteiger charge is 2.65. The third-order valence-electron chi connectivity index (χ3n) is 10.9. The van der Waals surface area contributed by atoms with Gasteiger partial charge in [-0.1, -0.05) is 53.2 Å². The van der Waals surface area contributed by atoms with Crippen molar-refractivity contribution in [3.63, 3.8) is 0 Å². The van der Waals surface area contributed by atoms with Crippen LogP contribution in [0.3, 0.4) is 0 Å². The van der Waals surface area contributed by atoms with Gasteiger partial charge in [0.2, 0.25) is 0 Å². The second kappa shape index (κ2) is 6.54. The molecule has 0 radical (unpaired) electrons. The fourth-order valence-electron chi connectivity index (χ4n) is 9.06. The Morgan fingerprint density at radius 1 is 1.10 bits per heavy atom. The predicted molar refractivity (Wildman–Crippen MR) is 118 cm³/mol. The van der Waals surface area contributed by atoms with Crippen molar-refractivity contribution in [2.75, 3.05) is 0 Å². The van der Waals surface area contributed by atoms with E-state index in [4.69, 9.17) is 0 Å². The molecule has 0 aromatic rings. The SMILES string of the molecule is CC(=O)C[C@@H](C)[C@H]1CC[C@@]2(C)C3=CC[C@H]4C(C)(C)C(=O)CC[C@]4(C)[C@@H]3CC[C@]12C. The molecule has 0 unspecified atom stereocenters. The molecule has 7 atom stereocenters. The fraction of sp³-hybridized carbons (Fsp3) is 0.852. The maximum Gasteiger partial charge on any atom is 0.138 e. The molecular formula is C27H42O2. The molecule has 0 spiro atoms. The Kier molecular flexibility index (Phi) is 4.81. The molecule has 162 valence electrons. The van der Waals surface area contributed by atoms with Crippen molar-refractivity contribution in [1.29, 1.82) is 0 Å². The quantitative estimate of drug-likeness (QED) is 0.491. The molecule has 0 aromatic heterocycles. The molecule has 0 aliphatic heterocycles. The van der Waals surface area contributed by atoms with Crippen molar-refractivity contribution >= 4 is 11.6 Å². The van der Waals surface area contributed by atoms with Gasteiger partial charge in [-0.25, -0.2) is 0 Å². The lowest BCUT2D eigenvalue weighted by molar-refractivity contribution is -0.146. The van der Waals surface area contributed by atoms with Gasteiger partial charge in [0.1, 0.15) is 11.6 Å². The minimum Gasteiger partial charge on any atom is -0.300 e. The second-order valence-electron chi connectivity index (χ2n) is 12.5. The van der Waals surface area contributed by atoms with Gasteiger partial charge in [-0.15, -0.1) is 0 Å². The summed E-state index contributed by atoms with van der Waals surface area (Å²) in [5.74, 6) is 3.05. The van der Waals surface area contributed by atoms with Crippen molar-refractivity contribution < 1.29 is 9.59 Å². The molecule has 4 aliphatic carbocycles. The highest BCUT2D eigenvalue weighted by atomic mass is 16.1. The van der Waals surface area contributed by atoms with Crippen LogP contribution in [-0.2, 0) is 9.59 Å². The number of rotatable bonds is 3. The Hall–Kier alpha value is -0.920. The third kappa shape index (κ3) is 2.72. The van der Waals surface area contributed by atoms with Crippen LogP contribution in [0.4, 0.5) is 0 Å². The zero-order chi connectivity index (χ0) is 21.4. The summed E-state index contributed by atoms with van der Waals surface area (Å²) >= 11 is 0. The smallest absolute Gasteiger partial charge is 0.138 e. The lowest BCUT2D eigenvalue weighted by atomic mass is 9.41. The van der Waals surface area contributed by atoms with Crippen molar-refractivity contribution in [1.82, 2.24) is 0 Å². The largest absolute Gasteiger partial charge is 0.300 e. The molecule has 0 bridgehead atoms. The van der Waals surface area contributed by atoms with E-state index in [1.54, 1.807) is 12.5 Å². The van der Waals surface area contributed by atoms with E-state index >= 15 is 0 Å². The first-order valence-electron chi connectivity index (χ1n) is 12.1. The van der Waals surface area contributed by atoms with Crippen LogP contribution >= 0.6 is 0 Å². The van der Waals surface area contributed by atoms with Crippen molar-refractivity contribution in [2.24, 2.45) is 45.3 Å². The van der Waals surface area contributed by atoms with E-state index in [1.165, 1.54) is 25.7 Å². The van der Waals surface area contributed by atoms with Crippen LogP contribution < -0.4 is 0 Å². The van der Waals surface area contributed by atoms with Crippen LogP contribution in [0.15, 0.2) is 11.6 Å². The van der Waals surface area contributed by atoms with Crippen LogP contribution in [0.1, 0.15) is 99.8 Å². The van der Waals surface area contributed by atoms with E-state index in [9.17, 15) is 9.59 Å². The summed E-state index contributed by atoms with van der Waals surface area (Å²) < 4.78 is 0. The van der Waals surface area contributed by atoms with Gasteiger partial charge < -0.3 is 4.79 Å². The first-order chi connectivity index (χ1) is 13.4. The summed E-state index contributed by atoms with van der Waals surface area (Å²) in [6, 6.07) is 0. The van der Waals surface area contributed by atoms with Crippen molar-refractivity contribution in [3.8, 4) is 0 Å². The van der Waals surface area contributed by atoms with Gasteiger partial charge in [0.15, 0.2) is 0 Å². The minimum atomic E-state index is -0.190. The molecule has 0 heterocycles. The number of hydrogen-bond donors (Lipinski definition) is 0. The summed E-state index contributed by atoms with van der Waals surface area (Å²) in [4.78, 5) is 24.6. The average Bonchev–Trinajstić information content (AvgIpc) is 2.90. The summed E-state index contributed by atoms with van der Waals surface area (Å²) in [5.41, 5.74) is 2.35. The molecule has 0 N–H and O–H groups in total. The highest BCUT2D eigenvalue weighted by Crippen LogP contribution is 2.73. The maximum atomic E-state index is 12.7. The van der Waals surface area contributed by atoms with Crippen LogP contribution in [0, 0.1) is 45.3 Å². The zero-order valence-electron chi connectivity index (χ0n) is 19.9. The van der Waals surface area contributed by atoms with E-state index in [0.29, 0.717) is 40.7 Å². The number of carbonyl (C=O) groups is 2. The topological polar surface area (TPSA) is 34.1 Å². The number of ketones is 2. The van der Waals surface area contributed by atoms with Crippen LogP contribution in [0.2, 0.25) is 0 Å². The number of hydrogen-bond acceptors (Lipinski definition) is 2. The van der Waals surface area contributed by atoms with E-state index in [0.717, 1.165) is 25.7 Å². The summed E-state index contributed by atoms with van der Waals surface area (Å²) in [6.07, 6.45) is 11.3. The normalized spacial score (nSPS) is 46.9. The average molecular weight is 399 g/mol. The molecule has 4 rings (SSSR count). The van der Waals surface area contributed by atoms with E-state index in [1.807, 2.05) is 0 Å². The van der Waals surface area contributed by atoms with Gasteiger partial charge in [0.05, 0.1) is 0 Å². The molecule has 2 nitrogen and oxygen atoms in total. The predicted octanol–water partition coefficient (Wildman–Crippen LogP) is 6.78. The lowest BCUT2D eigenvalue weighted by Crippen LogP contribution is -2.57. The van der Waals surface area contributed by atoms with Gasteiger partial charge in [-0.05, 0) is 85.4 Å². The van der Waals surface area contributed by atoms with Crippen molar-refractivity contribution in [2.45, 2.75) is 99.8 Å². The molecular weight excluding hydrogens is 356 g/mol. The molecule has 29 heavy (non-hydrogen) atoms. The number of Topliss-reactive ketones (excluding diaryl/α,β-unsaturated/α-hetero) is 2. The Balaban J connectivity index is 1.71. The van der Waals surface area contributed by atoms with Gasteiger partial charge in [0.25, 0.3) is 0 Å². The van der Waals surface area contributed by atoms with Gasteiger partial charge in [0, 0.05) is 18.3 Å². The fourth-order valence-corrected chi connectivity index (χ4v) is 9.06. The highest BCUT2D eigenvalue weighted by molar-refractivity contribution is 5.85. The second-order valence-corrected chi connectivity index (χ2v) is 12.5. The Morgan fingerprint density at radius 3 is 2.45 bits per heavy atom. The summed E-state index contributed by atoms with van der Waals surface area (Å²) in [6.45, 7) is 16.1. The molecule has 2 heteroatoms. The molecule has 0 saturated heterocycles. The first-order valence-corrected chi connectivity index (χ1v) is 12.1. The first kappa shape index (κ1) is 21.3. The van der Waals surface area contributed by atoms with Crippen LogP contribution in [-0.4, -0.2) is 11.6 Å². The van der Waals surface area contributed by atoms with E-state index < -0.39 is 0 Å². The van der Waals surface area contributed by atoms with E-state index in [-0.39, 0.29) is 16.2 Å². The van der Waals surface area contributed by atoms with Gasteiger partial charge >= 0.3 is 0 Å². The Morgan fingerprint density at radius 2 is 1.79 bits per heavy atom. The molecule has 0 aromatic carbocycles. The molecule has 3 saturated carbocycles. The van der Waals surface area contributed by atoms with Crippen LogP contribution in [0.25, 0.3) is 0 Å². The summed E-state index contributed by atoms with van der Waals surface area (Å²) in [5, 5.41) is 0. The number of allylic oxidation sites excluding steroid dienone is 2. The number of fused-ring (bicyclic) bond motifs is 5. The minimum absolute atomic E-state index is 0.190. The standard InChI is InChI=1S/C27H42O2/c1-17(16-18(2)28)19-10-14-27(7)21-8-9-22-24(3,4)23(29)12-13-25(22,5)20(21)11-15-26(19,27)6/h8,17,19-20,22H,9-16H2,1-7H3/t17-,19-,20-,22+,25-,26-,27+/m1/s1. The Bertz CT molecular complexity index is 760. The molecule has 4 aliphatic rings. The zero-order valence-corrected chi connectivity index (χ0v) is 19.9. The van der Waals surface area contributed by atoms with Gasteiger partial charge in [-0.3, -0.25) is 4.79 Å². The Labute approximate surface area is 178 Å². The van der Waals surface area contributed by atoms with Crippen molar-refractivity contribution in [3.05, 3.63) is 11.6 Å². The molecule has 3 fully saturated rings. The molecule has 0 amide bonds. The van der Waals surface area contributed by atoms with Gasteiger partial charge in [-0.2, -0.15) is 0 Å². The maximum absolute atomic E-state index is 12.7. The summed E-state index contributed by atoms with van der Waals surface area (Å²) in [7, 11) is 0. The van der Waals surface area contributed by atoms with Crippen LogP contribution in [0.5, 0.6) is 0 Å². The third-order valence-corrected chi connectivity index (χ3v) is 10.9. The monoisotopic (exact) mass is 398 g/mol. The lowest BCUT2D eigenvalue weighted by Gasteiger charge is -2.63.